The third-order valence-electron chi connectivity index (χ3n) is 3.39. The molecule has 2 N–H and O–H groups in total. The molecule has 1 fully saturated rings. The zero-order valence-corrected chi connectivity index (χ0v) is 12.0. The molecule has 1 aliphatic rings. The summed E-state index contributed by atoms with van der Waals surface area (Å²) in [6.07, 6.45) is 4.54. The average Bonchev–Trinajstić information content (AvgIpc) is 2.40. The van der Waals surface area contributed by atoms with E-state index in [9.17, 15) is 9.90 Å². The van der Waals surface area contributed by atoms with E-state index in [1.54, 1.807) is 0 Å². The van der Waals surface area contributed by atoms with Crippen molar-refractivity contribution >= 4 is 29.1 Å². The molecule has 1 aromatic heterocycles. The summed E-state index contributed by atoms with van der Waals surface area (Å²) in [5.74, 6) is -0.411. The third kappa shape index (κ3) is 3.81. The lowest BCUT2D eigenvalue weighted by Crippen LogP contribution is -2.44. The molecule has 1 amide bonds. The highest BCUT2D eigenvalue weighted by Gasteiger charge is 2.29. The van der Waals surface area contributed by atoms with Crippen molar-refractivity contribution in [2.75, 3.05) is 6.54 Å². The van der Waals surface area contributed by atoms with E-state index < -0.39 is 11.5 Å². The highest BCUT2D eigenvalue weighted by molar-refractivity contribution is 6.34. The third-order valence-corrected chi connectivity index (χ3v) is 3.90. The zero-order chi connectivity index (χ0) is 13.9. The minimum absolute atomic E-state index is 0.0913. The molecule has 19 heavy (non-hydrogen) atoms. The van der Waals surface area contributed by atoms with Crippen LogP contribution in [0.1, 0.15) is 42.6 Å². The van der Waals surface area contributed by atoms with Gasteiger partial charge in [-0.25, -0.2) is 4.98 Å². The molecule has 4 nitrogen and oxygen atoms in total. The van der Waals surface area contributed by atoms with E-state index in [0.29, 0.717) is 12.8 Å². The monoisotopic (exact) mass is 302 g/mol. The van der Waals surface area contributed by atoms with Crippen molar-refractivity contribution in [2.24, 2.45) is 0 Å². The first-order valence-electron chi connectivity index (χ1n) is 6.33. The van der Waals surface area contributed by atoms with Gasteiger partial charge in [0.25, 0.3) is 5.91 Å². The summed E-state index contributed by atoms with van der Waals surface area (Å²) < 4.78 is 0. The normalized spacial score (nSPS) is 18.1. The molecule has 0 aliphatic heterocycles. The van der Waals surface area contributed by atoms with Crippen LogP contribution in [0.25, 0.3) is 0 Å². The van der Waals surface area contributed by atoms with E-state index in [4.69, 9.17) is 23.2 Å². The van der Waals surface area contributed by atoms with Gasteiger partial charge in [-0.3, -0.25) is 4.79 Å². The van der Waals surface area contributed by atoms with Gasteiger partial charge < -0.3 is 10.4 Å². The van der Waals surface area contributed by atoms with Crippen molar-refractivity contribution in [1.29, 1.82) is 0 Å². The number of rotatable bonds is 3. The number of nitrogens with zero attached hydrogens (tertiary/aromatic N) is 1. The number of hydrogen-bond donors (Lipinski definition) is 2. The van der Waals surface area contributed by atoms with E-state index in [2.05, 4.69) is 10.3 Å². The van der Waals surface area contributed by atoms with Gasteiger partial charge in [-0.2, -0.15) is 0 Å². The summed E-state index contributed by atoms with van der Waals surface area (Å²) in [5, 5.41) is 13.4. The fourth-order valence-electron chi connectivity index (χ4n) is 2.29. The van der Waals surface area contributed by atoms with Crippen molar-refractivity contribution in [2.45, 2.75) is 37.7 Å². The first-order chi connectivity index (χ1) is 9.00. The molecule has 0 unspecified atom stereocenters. The Morgan fingerprint density at radius 2 is 2.00 bits per heavy atom. The van der Waals surface area contributed by atoms with Gasteiger partial charge in [0, 0.05) is 6.54 Å². The number of carbonyl (C=O) groups excluding carboxylic acids is 1. The zero-order valence-electron chi connectivity index (χ0n) is 10.5. The highest BCUT2D eigenvalue weighted by atomic mass is 35.5. The van der Waals surface area contributed by atoms with Crippen LogP contribution in [-0.4, -0.2) is 28.1 Å². The van der Waals surface area contributed by atoms with E-state index in [1.807, 2.05) is 0 Å². The molecule has 1 saturated carbocycles. The Morgan fingerprint density at radius 1 is 1.32 bits per heavy atom. The maximum Gasteiger partial charge on any atom is 0.271 e. The van der Waals surface area contributed by atoms with Crippen molar-refractivity contribution in [3.63, 3.8) is 0 Å². The quantitative estimate of drug-likeness (QED) is 0.844. The number of hydrogen-bond acceptors (Lipinski definition) is 3. The second-order valence-electron chi connectivity index (χ2n) is 4.93. The molecule has 0 radical (unpaired) electrons. The molecule has 0 saturated heterocycles. The van der Waals surface area contributed by atoms with Gasteiger partial charge in [0.1, 0.15) is 10.8 Å². The van der Waals surface area contributed by atoms with Gasteiger partial charge in [0.15, 0.2) is 0 Å². The smallest absolute Gasteiger partial charge is 0.271 e. The minimum Gasteiger partial charge on any atom is -0.388 e. The molecular weight excluding hydrogens is 287 g/mol. The summed E-state index contributed by atoms with van der Waals surface area (Å²) in [5.41, 5.74) is -0.715. The van der Waals surface area contributed by atoms with E-state index in [1.165, 1.54) is 12.1 Å². The second kappa shape index (κ2) is 6.07. The topological polar surface area (TPSA) is 62.2 Å². The van der Waals surface area contributed by atoms with E-state index >= 15 is 0 Å². The van der Waals surface area contributed by atoms with Gasteiger partial charge in [-0.15, -0.1) is 0 Å². The van der Waals surface area contributed by atoms with Crippen molar-refractivity contribution in [3.05, 3.63) is 28.0 Å². The fourth-order valence-corrected chi connectivity index (χ4v) is 2.63. The number of amides is 1. The number of halogens is 2. The van der Waals surface area contributed by atoms with Crippen LogP contribution in [0.4, 0.5) is 0 Å². The van der Waals surface area contributed by atoms with Crippen LogP contribution < -0.4 is 5.32 Å². The van der Waals surface area contributed by atoms with Gasteiger partial charge in [-0.1, -0.05) is 42.5 Å². The van der Waals surface area contributed by atoms with Crippen molar-refractivity contribution in [3.8, 4) is 0 Å². The molecular formula is C13H16Cl2N2O2. The largest absolute Gasteiger partial charge is 0.388 e. The van der Waals surface area contributed by atoms with E-state index in [0.717, 1.165) is 19.3 Å². The van der Waals surface area contributed by atoms with Crippen LogP contribution in [0.3, 0.4) is 0 Å². The number of carbonyl (C=O) groups is 1. The summed E-state index contributed by atoms with van der Waals surface area (Å²) in [6, 6.07) is 3.05. The molecule has 0 bridgehead atoms. The van der Waals surface area contributed by atoms with Crippen LogP contribution >= 0.6 is 23.2 Å². The minimum atomic E-state index is -0.807. The van der Waals surface area contributed by atoms with E-state index in [-0.39, 0.29) is 22.4 Å². The number of nitrogens with one attached hydrogen (secondary N) is 1. The summed E-state index contributed by atoms with van der Waals surface area (Å²) >= 11 is 11.6. The number of aromatic nitrogens is 1. The maximum absolute atomic E-state index is 12.0. The van der Waals surface area contributed by atoms with Crippen LogP contribution in [0.15, 0.2) is 12.1 Å². The molecule has 0 atom stereocenters. The lowest BCUT2D eigenvalue weighted by Gasteiger charge is -2.32. The molecule has 0 aromatic carbocycles. The van der Waals surface area contributed by atoms with Crippen LogP contribution in [-0.2, 0) is 0 Å². The summed E-state index contributed by atoms with van der Waals surface area (Å²) in [4.78, 5) is 15.9. The number of pyridine rings is 1. The lowest BCUT2D eigenvalue weighted by molar-refractivity contribution is 0.00521. The van der Waals surface area contributed by atoms with Gasteiger partial charge in [-0.05, 0) is 25.0 Å². The highest BCUT2D eigenvalue weighted by Crippen LogP contribution is 2.27. The number of aliphatic hydroxyl groups is 1. The Balaban J connectivity index is 1.99. The predicted molar refractivity (Wildman–Crippen MR) is 74.6 cm³/mol. The summed E-state index contributed by atoms with van der Waals surface area (Å²) in [7, 11) is 0. The summed E-state index contributed by atoms with van der Waals surface area (Å²) in [6.45, 7) is 0.219. The molecule has 1 aromatic rings. The molecule has 2 rings (SSSR count). The Bertz CT molecular complexity index is 474. The Labute approximate surface area is 122 Å². The van der Waals surface area contributed by atoms with Crippen LogP contribution in [0.5, 0.6) is 0 Å². The van der Waals surface area contributed by atoms with Crippen LogP contribution in [0, 0.1) is 0 Å². The van der Waals surface area contributed by atoms with Crippen molar-refractivity contribution < 1.29 is 9.90 Å². The molecule has 104 valence electrons. The standard InChI is InChI=1S/C13H16Cl2N2O2/c14-9-4-5-10(15)17-11(9)12(18)16-8-13(19)6-2-1-3-7-13/h4-5,19H,1-3,6-8H2,(H,16,18). The molecule has 6 heteroatoms. The first-order valence-corrected chi connectivity index (χ1v) is 7.08. The first kappa shape index (κ1) is 14.6. The van der Waals surface area contributed by atoms with Crippen LogP contribution in [0.2, 0.25) is 10.2 Å². The Hall–Kier alpha value is -0.840. The average molecular weight is 303 g/mol. The SMILES string of the molecule is O=C(NCC1(O)CCCCC1)c1nc(Cl)ccc1Cl. The fraction of sp³-hybridized carbons (Fsp3) is 0.538. The Kier molecular flexibility index (Phi) is 4.66. The molecule has 1 heterocycles. The lowest BCUT2D eigenvalue weighted by atomic mass is 9.85. The van der Waals surface area contributed by atoms with Gasteiger partial charge in [0.05, 0.1) is 10.6 Å². The molecule has 0 spiro atoms. The Morgan fingerprint density at radius 3 is 2.68 bits per heavy atom. The second-order valence-corrected chi connectivity index (χ2v) is 5.73. The van der Waals surface area contributed by atoms with Gasteiger partial charge in [0.2, 0.25) is 0 Å². The molecule has 1 aliphatic carbocycles. The maximum atomic E-state index is 12.0. The predicted octanol–water partition coefficient (Wildman–Crippen LogP) is 2.81. The van der Waals surface area contributed by atoms with Gasteiger partial charge >= 0.3 is 0 Å². The van der Waals surface area contributed by atoms with Crippen molar-refractivity contribution in [1.82, 2.24) is 10.3 Å².